The first-order valence-electron chi connectivity index (χ1n) is 8.44. The number of nitrogens with zero attached hydrogens (tertiary/aromatic N) is 4. The molecule has 0 amide bonds. The fourth-order valence-electron chi connectivity index (χ4n) is 3.13. The molecule has 0 bridgehead atoms. The average molecular weight is 374 g/mol. The molecule has 0 aliphatic rings. The second-order valence-electron chi connectivity index (χ2n) is 6.21. The van der Waals surface area contributed by atoms with Crippen LogP contribution < -0.4 is 5.56 Å². The molecule has 0 fully saturated rings. The summed E-state index contributed by atoms with van der Waals surface area (Å²) in [4.78, 5) is 25.7. The van der Waals surface area contributed by atoms with Crippen molar-refractivity contribution in [1.29, 1.82) is 0 Å². The molecule has 0 saturated carbocycles. The second kappa shape index (κ2) is 6.21. The standard InChI is InChI=1S/C20H14N4O2S/c1-12-5-4-8-24-16(25)9-13(23-19(12)24)10-27-20-18-17(21-11-22-20)14-6-2-3-7-15(14)26-18/h2-9,11H,10H2,1H3. The van der Waals surface area contributed by atoms with E-state index < -0.39 is 0 Å². The Labute approximate surface area is 157 Å². The molecular weight excluding hydrogens is 360 g/mol. The molecule has 27 heavy (non-hydrogen) atoms. The summed E-state index contributed by atoms with van der Waals surface area (Å²) in [5.74, 6) is 0.517. The summed E-state index contributed by atoms with van der Waals surface area (Å²) in [6, 6.07) is 13.1. The van der Waals surface area contributed by atoms with Gasteiger partial charge in [-0.05, 0) is 30.7 Å². The number of furan rings is 1. The van der Waals surface area contributed by atoms with Crippen LogP contribution in [0.15, 0.2) is 69.2 Å². The van der Waals surface area contributed by atoms with Crippen LogP contribution in [0.4, 0.5) is 0 Å². The number of aryl methyl sites for hydroxylation is 1. The van der Waals surface area contributed by atoms with Gasteiger partial charge in [-0.15, -0.1) is 0 Å². The van der Waals surface area contributed by atoms with Crippen molar-refractivity contribution in [1.82, 2.24) is 19.4 Å². The number of hydrogen-bond acceptors (Lipinski definition) is 6. The van der Waals surface area contributed by atoms with E-state index in [1.807, 2.05) is 43.3 Å². The van der Waals surface area contributed by atoms with Crippen LogP contribution in [0.3, 0.4) is 0 Å². The molecule has 5 aromatic rings. The van der Waals surface area contributed by atoms with E-state index in [1.54, 1.807) is 23.0 Å². The Balaban J connectivity index is 1.54. The maximum atomic E-state index is 12.4. The van der Waals surface area contributed by atoms with Crippen LogP contribution in [0.5, 0.6) is 0 Å². The monoisotopic (exact) mass is 374 g/mol. The summed E-state index contributed by atoms with van der Waals surface area (Å²) in [6.45, 7) is 1.95. The number of benzene rings is 1. The van der Waals surface area contributed by atoms with Crippen molar-refractivity contribution < 1.29 is 4.42 Å². The highest BCUT2D eigenvalue weighted by atomic mass is 32.2. The van der Waals surface area contributed by atoms with E-state index in [0.717, 1.165) is 27.1 Å². The van der Waals surface area contributed by atoms with Crippen molar-refractivity contribution in [2.24, 2.45) is 0 Å². The molecule has 0 aliphatic heterocycles. The van der Waals surface area contributed by atoms with E-state index in [9.17, 15) is 4.79 Å². The summed E-state index contributed by atoms with van der Waals surface area (Å²) in [5.41, 5.74) is 4.51. The lowest BCUT2D eigenvalue weighted by molar-refractivity contribution is 0.653. The first-order chi connectivity index (χ1) is 13.2. The van der Waals surface area contributed by atoms with E-state index in [1.165, 1.54) is 11.8 Å². The summed E-state index contributed by atoms with van der Waals surface area (Å²) in [7, 11) is 0. The van der Waals surface area contributed by atoms with Gasteiger partial charge < -0.3 is 4.42 Å². The van der Waals surface area contributed by atoms with Crippen molar-refractivity contribution in [3.8, 4) is 0 Å². The predicted molar refractivity (Wildman–Crippen MR) is 105 cm³/mol. The Kier molecular flexibility index (Phi) is 3.68. The molecule has 7 heteroatoms. The number of thioether (sulfide) groups is 1. The molecule has 1 aromatic carbocycles. The van der Waals surface area contributed by atoms with Gasteiger partial charge >= 0.3 is 0 Å². The molecule has 132 valence electrons. The van der Waals surface area contributed by atoms with Crippen LogP contribution in [0, 0.1) is 6.92 Å². The third kappa shape index (κ3) is 2.67. The lowest BCUT2D eigenvalue weighted by atomic mass is 10.2. The van der Waals surface area contributed by atoms with E-state index in [-0.39, 0.29) is 5.56 Å². The van der Waals surface area contributed by atoms with Crippen LogP contribution in [0.25, 0.3) is 27.7 Å². The van der Waals surface area contributed by atoms with Gasteiger partial charge in [-0.1, -0.05) is 30.0 Å². The van der Waals surface area contributed by atoms with Gasteiger partial charge in [0.15, 0.2) is 5.58 Å². The SMILES string of the molecule is Cc1cccn2c(=O)cc(CSc3ncnc4c3oc3ccccc34)nc12. The van der Waals surface area contributed by atoms with Gasteiger partial charge in [-0.3, -0.25) is 9.20 Å². The zero-order valence-electron chi connectivity index (χ0n) is 14.4. The number of pyridine rings is 1. The lowest BCUT2D eigenvalue weighted by Gasteiger charge is -2.06. The van der Waals surface area contributed by atoms with Crippen LogP contribution in [0.1, 0.15) is 11.3 Å². The van der Waals surface area contributed by atoms with Crippen molar-refractivity contribution >= 4 is 39.5 Å². The molecule has 0 radical (unpaired) electrons. The Morgan fingerprint density at radius 2 is 2.04 bits per heavy atom. The van der Waals surface area contributed by atoms with Gasteiger partial charge in [0, 0.05) is 23.4 Å². The van der Waals surface area contributed by atoms with Gasteiger partial charge in [0.2, 0.25) is 0 Å². The normalized spacial score (nSPS) is 11.6. The van der Waals surface area contributed by atoms with Gasteiger partial charge in [0.05, 0.1) is 5.69 Å². The zero-order chi connectivity index (χ0) is 18.4. The molecule has 5 rings (SSSR count). The third-order valence-corrected chi connectivity index (χ3v) is 5.43. The highest BCUT2D eigenvalue weighted by Crippen LogP contribution is 2.33. The molecular formula is C20H14N4O2S. The lowest BCUT2D eigenvalue weighted by Crippen LogP contribution is -2.15. The van der Waals surface area contributed by atoms with Crippen LogP contribution in [-0.4, -0.2) is 19.4 Å². The number of hydrogen-bond donors (Lipinski definition) is 0. The topological polar surface area (TPSA) is 73.3 Å². The average Bonchev–Trinajstić information content (AvgIpc) is 3.07. The Morgan fingerprint density at radius 3 is 2.96 bits per heavy atom. The minimum Gasteiger partial charge on any atom is -0.451 e. The molecule has 4 heterocycles. The van der Waals surface area contributed by atoms with E-state index in [0.29, 0.717) is 22.7 Å². The fraction of sp³-hybridized carbons (Fsp3) is 0.100. The van der Waals surface area contributed by atoms with Gasteiger partial charge in [0.25, 0.3) is 5.56 Å². The van der Waals surface area contributed by atoms with Crippen LogP contribution >= 0.6 is 11.8 Å². The molecule has 0 atom stereocenters. The predicted octanol–water partition coefficient (Wildman–Crippen LogP) is 3.98. The molecule has 0 aliphatic carbocycles. The first-order valence-corrected chi connectivity index (χ1v) is 9.42. The number of rotatable bonds is 3. The Morgan fingerprint density at radius 1 is 1.15 bits per heavy atom. The van der Waals surface area contributed by atoms with E-state index >= 15 is 0 Å². The molecule has 6 nitrogen and oxygen atoms in total. The van der Waals surface area contributed by atoms with Crippen molar-refractivity contribution in [3.63, 3.8) is 0 Å². The molecule has 0 spiro atoms. The Bertz CT molecular complexity index is 1370. The maximum absolute atomic E-state index is 12.4. The fourth-order valence-corrected chi connectivity index (χ4v) is 3.95. The summed E-state index contributed by atoms with van der Waals surface area (Å²) in [5, 5.41) is 1.71. The van der Waals surface area contributed by atoms with Crippen LogP contribution in [0.2, 0.25) is 0 Å². The molecule has 0 unspecified atom stereocenters. The Hall–Kier alpha value is -3.19. The van der Waals surface area contributed by atoms with Gasteiger partial charge in [-0.25, -0.2) is 15.0 Å². The van der Waals surface area contributed by atoms with Crippen molar-refractivity contribution in [2.45, 2.75) is 17.7 Å². The molecule has 0 saturated heterocycles. The van der Waals surface area contributed by atoms with Gasteiger partial charge in [-0.2, -0.15) is 0 Å². The zero-order valence-corrected chi connectivity index (χ0v) is 15.2. The van der Waals surface area contributed by atoms with Crippen molar-refractivity contribution in [2.75, 3.05) is 0 Å². The van der Waals surface area contributed by atoms with E-state index in [4.69, 9.17) is 4.42 Å². The number of para-hydroxylation sites is 1. The first kappa shape index (κ1) is 16.0. The maximum Gasteiger partial charge on any atom is 0.258 e. The number of fused-ring (bicyclic) bond motifs is 4. The third-order valence-electron chi connectivity index (χ3n) is 4.42. The summed E-state index contributed by atoms with van der Waals surface area (Å²) < 4.78 is 7.51. The van der Waals surface area contributed by atoms with E-state index in [2.05, 4.69) is 15.0 Å². The molecule has 4 aromatic heterocycles. The van der Waals surface area contributed by atoms with Crippen molar-refractivity contribution in [3.05, 3.63) is 76.6 Å². The second-order valence-corrected chi connectivity index (χ2v) is 7.18. The quantitative estimate of drug-likeness (QED) is 0.351. The highest BCUT2D eigenvalue weighted by molar-refractivity contribution is 7.98. The largest absolute Gasteiger partial charge is 0.451 e. The van der Waals surface area contributed by atoms with Gasteiger partial charge in [0.1, 0.15) is 28.1 Å². The summed E-state index contributed by atoms with van der Waals surface area (Å²) >= 11 is 1.49. The molecule has 0 N–H and O–H groups in total. The van der Waals surface area contributed by atoms with Crippen LogP contribution in [-0.2, 0) is 5.75 Å². The minimum atomic E-state index is -0.0872. The highest BCUT2D eigenvalue weighted by Gasteiger charge is 2.14. The minimum absolute atomic E-state index is 0.0872. The summed E-state index contributed by atoms with van der Waals surface area (Å²) in [6.07, 6.45) is 3.27. The number of aromatic nitrogens is 4. The smallest absolute Gasteiger partial charge is 0.258 e.